The zero-order valence-electron chi connectivity index (χ0n) is 12.3. The monoisotopic (exact) mass is 257 g/mol. The Bertz CT molecular complexity index is 484. The van der Waals surface area contributed by atoms with Crippen LogP contribution in [0, 0.1) is 11.8 Å². The van der Waals surface area contributed by atoms with E-state index in [1.165, 1.54) is 11.1 Å². The minimum atomic E-state index is 0.659. The number of benzene rings is 1. The molecule has 2 rings (SSSR count). The molecule has 2 aromatic rings. The lowest BCUT2D eigenvalue weighted by atomic mass is 9.94. The van der Waals surface area contributed by atoms with Crippen molar-refractivity contribution in [2.75, 3.05) is 0 Å². The predicted molar refractivity (Wildman–Crippen MR) is 79.0 cm³/mol. The molecule has 0 amide bonds. The molecule has 0 fully saturated rings. The Labute approximate surface area is 115 Å². The van der Waals surface area contributed by atoms with E-state index in [4.69, 9.17) is 4.42 Å². The number of aromatic nitrogens is 1. The van der Waals surface area contributed by atoms with Crippen LogP contribution in [0.25, 0.3) is 11.5 Å². The number of hydrogen-bond acceptors (Lipinski definition) is 2. The molecule has 19 heavy (non-hydrogen) atoms. The van der Waals surface area contributed by atoms with Crippen molar-refractivity contribution in [3.8, 4) is 11.5 Å². The fourth-order valence-corrected chi connectivity index (χ4v) is 2.43. The molecule has 0 bridgehead atoms. The van der Waals surface area contributed by atoms with Crippen molar-refractivity contribution in [1.29, 1.82) is 0 Å². The molecular weight excluding hydrogens is 234 g/mol. The van der Waals surface area contributed by atoms with Gasteiger partial charge in [0.2, 0.25) is 5.89 Å². The van der Waals surface area contributed by atoms with Crippen LogP contribution in [-0.4, -0.2) is 4.98 Å². The van der Waals surface area contributed by atoms with Crippen molar-refractivity contribution in [2.45, 2.75) is 40.5 Å². The summed E-state index contributed by atoms with van der Waals surface area (Å²) in [5.74, 6) is 2.04. The van der Waals surface area contributed by atoms with E-state index in [9.17, 15) is 0 Å². The minimum absolute atomic E-state index is 0.659. The van der Waals surface area contributed by atoms with Gasteiger partial charge in [0, 0.05) is 5.56 Å². The van der Waals surface area contributed by atoms with Crippen LogP contribution in [-0.2, 0) is 12.8 Å². The lowest BCUT2D eigenvalue weighted by molar-refractivity contribution is 0.573. The summed E-state index contributed by atoms with van der Waals surface area (Å²) < 4.78 is 5.43. The molecule has 0 aliphatic heterocycles. The van der Waals surface area contributed by atoms with E-state index in [-0.39, 0.29) is 0 Å². The molecule has 0 aliphatic carbocycles. The lowest BCUT2D eigenvalue weighted by Crippen LogP contribution is -1.99. The van der Waals surface area contributed by atoms with E-state index in [1.807, 2.05) is 0 Å². The molecule has 0 atom stereocenters. The molecule has 0 radical (unpaired) electrons. The maximum Gasteiger partial charge on any atom is 0.225 e. The lowest BCUT2D eigenvalue weighted by Gasteiger charge is -2.11. The molecule has 102 valence electrons. The number of rotatable bonds is 5. The smallest absolute Gasteiger partial charge is 0.225 e. The van der Waals surface area contributed by atoms with Crippen molar-refractivity contribution in [3.05, 3.63) is 41.8 Å². The van der Waals surface area contributed by atoms with Crippen LogP contribution < -0.4 is 0 Å². The number of nitrogens with zero attached hydrogens (tertiary/aromatic N) is 1. The summed E-state index contributed by atoms with van der Waals surface area (Å²) in [5.41, 5.74) is 3.85. The van der Waals surface area contributed by atoms with Gasteiger partial charge in [-0.05, 0) is 47.9 Å². The Hall–Kier alpha value is -1.57. The topological polar surface area (TPSA) is 26.0 Å². The Morgan fingerprint density at radius 3 is 1.95 bits per heavy atom. The minimum Gasteiger partial charge on any atom is -0.445 e. The summed E-state index contributed by atoms with van der Waals surface area (Å²) in [4.78, 5) is 4.26. The fraction of sp³-hybridized carbons (Fsp3) is 0.471. The number of oxazole rings is 1. The second kappa shape index (κ2) is 6.05. The van der Waals surface area contributed by atoms with E-state index >= 15 is 0 Å². The van der Waals surface area contributed by atoms with Gasteiger partial charge >= 0.3 is 0 Å². The predicted octanol–water partition coefficient (Wildman–Crippen LogP) is 4.74. The summed E-state index contributed by atoms with van der Waals surface area (Å²) in [6.45, 7) is 9.00. The first-order valence-electron chi connectivity index (χ1n) is 7.07. The zero-order valence-corrected chi connectivity index (χ0v) is 12.3. The van der Waals surface area contributed by atoms with Crippen LogP contribution in [0.15, 0.2) is 35.1 Å². The van der Waals surface area contributed by atoms with Crippen molar-refractivity contribution in [1.82, 2.24) is 4.98 Å². The molecule has 1 aromatic carbocycles. The normalized spacial score (nSPS) is 11.5. The Kier molecular flexibility index (Phi) is 4.41. The Balaban J connectivity index is 2.36. The van der Waals surface area contributed by atoms with Gasteiger partial charge in [0.25, 0.3) is 0 Å². The molecule has 0 saturated heterocycles. The molecule has 0 N–H and O–H groups in total. The van der Waals surface area contributed by atoms with Gasteiger partial charge in [-0.3, -0.25) is 0 Å². The van der Waals surface area contributed by atoms with Gasteiger partial charge in [-0.1, -0.05) is 33.8 Å². The van der Waals surface area contributed by atoms with E-state index in [1.54, 1.807) is 12.5 Å². The van der Waals surface area contributed by atoms with Gasteiger partial charge in [0.15, 0.2) is 0 Å². The molecule has 2 nitrogen and oxygen atoms in total. The SMILES string of the molecule is CC(C)Cc1cc(CC(C)C)cc(-c2ncco2)c1. The standard InChI is InChI=1S/C17H23NO/c1-12(2)7-14-9-15(8-13(3)4)11-16(10-14)17-18-5-6-19-17/h5-6,9-13H,7-8H2,1-4H3. The largest absolute Gasteiger partial charge is 0.445 e. The molecular formula is C17H23NO. The molecule has 0 spiro atoms. The summed E-state index contributed by atoms with van der Waals surface area (Å²) >= 11 is 0. The first-order chi connectivity index (χ1) is 9.04. The summed E-state index contributed by atoms with van der Waals surface area (Å²) in [7, 11) is 0. The average Bonchev–Trinajstić information content (AvgIpc) is 2.79. The third-order valence-electron chi connectivity index (χ3n) is 3.02. The van der Waals surface area contributed by atoms with Crippen molar-refractivity contribution in [3.63, 3.8) is 0 Å². The van der Waals surface area contributed by atoms with Gasteiger partial charge in [-0.25, -0.2) is 4.98 Å². The highest BCUT2D eigenvalue weighted by molar-refractivity contribution is 5.56. The molecule has 1 heterocycles. The second-order valence-electron chi connectivity index (χ2n) is 6.07. The van der Waals surface area contributed by atoms with Crippen LogP contribution in [0.5, 0.6) is 0 Å². The van der Waals surface area contributed by atoms with Crippen LogP contribution >= 0.6 is 0 Å². The van der Waals surface area contributed by atoms with E-state index in [0.29, 0.717) is 11.8 Å². The van der Waals surface area contributed by atoms with Gasteiger partial charge in [-0.15, -0.1) is 0 Å². The second-order valence-corrected chi connectivity index (χ2v) is 6.07. The quantitative estimate of drug-likeness (QED) is 0.773. The van der Waals surface area contributed by atoms with Crippen LogP contribution in [0.3, 0.4) is 0 Å². The third kappa shape index (κ3) is 3.95. The van der Waals surface area contributed by atoms with Gasteiger partial charge in [0.1, 0.15) is 6.26 Å². The summed E-state index contributed by atoms with van der Waals surface area (Å²) in [5, 5.41) is 0. The van der Waals surface area contributed by atoms with Crippen molar-refractivity contribution >= 4 is 0 Å². The van der Waals surface area contributed by atoms with Crippen molar-refractivity contribution in [2.24, 2.45) is 11.8 Å². The average molecular weight is 257 g/mol. The van der Waals surface area contributed by atoms with Crippen molar-refractivity contribution < 1.29 is 4.42 Å². The Morgan fingerprint density at radius 2 is 1.53 bits per heavy atom. The van der Waals surface area contributed by atoms with Crippen LogP contribution in [0.2, 0.25) is 0 Å². The van der Waals surface area contributed by atoms with E-state index < -0.39 is 0 Å². The first kappa shape index (κ1) is 13.9. The fourth-order valence-electron chi connectivity index (χ4n) is 2.43. The van der Waals surface area contributed by atoms with Crippen LogP contribution in [0.4, 0.5) is 0 Å². The molecule has 0 unspecified atom stereocenters. The zero-order chi connectivity index (χ0) is 13.8. The summed E-state index contributed by atoms with van der Waals surface area (Å²) in [6.07, 6.45) is 5.53. The highest BCUT2D eigenvalue weighted by Crippen LogP contribution is 2.24. The van der Waals surface area contributed by atoms with E-state index in [0.717, 1.165) is 24.3 Å². The van der Waals surface area contributed by atoms with Gasteiger partial charge in [0.05, 0.1) is 6.20 Å². The molecule has 0 saturated carbocycles. The Morgan fingerprint density at radius 1 is 0.947 bits per heavy atom. The van der Waals surface area contributed by atoms with Gasteiger partial charge in [-0.2, -0.15) is 0 Å². The first-order valence-corrected chi connectivity index (χ1v) is 7.07. The highest BCUT2D eigenvalue weighted by atomic mass is 16.3. The molecule has 1 aromatic heterocycles. The third-order valence-corrected chi connectivity index (χ3v) is 3.02. The van der Waals surface area contributed by atoms with E-state index in [2.05, 4.69) is 50.9 Å². The highest BCUT2D eigenvalue weighted by Gasteiger charge is 2.09. The molecule has 0 aliphatic rings. The maximum atomic E-state index is 5.43. The summed E-state index contributed by atoms with van der Waals surface area (Å²) in [6, 6.07) is 6.73. The molecule has 2 heteroatoms. The maximum absolute atomic E-state index is 5.43. The van der Waals surface area contributed by atoms with Crippen LogP contribution in [0.1, 0.15) is 38.8 Å². The number of hydrogen-bond donors (Lipinski definition) is 0. The van der Waals surface area contributed by atoms with Gasteiger partial charge < -0.3 is 4.42 Å².